The lowest BCUT2D eigenvalue weighted by molar-refractivity contribution is -0.0755. The van der Waals surface area contributed by atoms with Crippen molar-refractivity contribution in [1.29, 1.82) is 0 Å². The van der Waals surface area contributed by atoms with Crippen LogP contribution in [0, 0.1) is 0 Å². The fourth-order valence-electron chi connectivity index (χ4n) is 2.78. The van der Waals surface area contributed by atoms with Crippen molar-refractivity contribution in [2.45, 2.75) is 38.9 Å². The average molecular weight is 233 g/mol. The number of ether oxygens (including phenoxy) is 1. The maximum atomic E-state index is 6.07. The summed E-state index contributed by atoms with van der Waals surface area (Å²) in [5, 5.41) is 0. The van der Waals surface area contributed by atoms with Gasteiger partial charge in [-0.1, -0.05) is 38.1 Å². The molecule has 0 aliphatic carbocycles. The Morgan fingerprint density at radius 3 is 2.47 bits per heavy atom. The van der Waals surface area contributed by atoms with Crippen LogP contribution in [0.25, 0.3) is 0 Å². The molecule has 1 saturated heterocycles. The SMILES string of the molecule is CC.CN1CCC2(CC1)OCc1ccccc12. The van der Waals surface area contributed by atoms with E-state index in [9.17, 15) is 0 Å². The fraction of sp³-hybridized carbons (Fsp3) is 0.600. The molecule has 2 aliphatic heterocycles. The number of hydrogen-bond acceptors (Lipinski definition) is 2. The quantitative estimate of drug-likeness (QED) is 0.682. The molecule has 0 unspecified atom stereocenters. The molecule has 0 amide bonds. The van der Waals surface area contributed by atoms with Gasteiger partial charge in [0.25, 0.3) is 0 Å². The van der Waals surface area contributed by atoms with Crippen molar-refractivity contribution in [3.05, 3.63) is 35.4 Å². The zero-order chi connectivity index (χ0) is 12.3. The molecule has 1 spiro atoms. The highest BCUT2D eigenvalue weighted by atomic mass is 16.5. The molecule has 0 N–H and O–H groups in total. The third-order valence-corrected chi connectivity index (χ3v) is 3.81. The summed E-state index contributed by atoms with van der Waals surface area (Å²) < 4.78 is 6.07. The van der Waals surface area contributed by atoms with Crippen molar-refractivity contribution < 1.29 is 4.74 Å². The number of piperidine rings is 1. The molecular weight excluding hydrogens is 210 g/mol. The number of benzene rings is 1. The van der Waals surface area contributed by atoms with Crippen LogP contribution in [0.4, 0.5) is 0 Å². The third kappa shape index (κ3) is 2.24. The minimum atomic E-state index is 0.0447. The second kappa shape index (κ2) is 5.19. The summed E-state index contributed by atoms with van der Waals surface area (Å²) in [5.74, 6) is 0. The normalized spacial score (nSPS) is 21.8. The van der Waals surface area contributed by atoms with Crippen molar-refractivity contribution in [1.82, 2.24) is 4.90 Å². The first-order valence-corrected chi connectivity index (χ1v) is 6.71. The van der Waals surface area contributed by atoms with E-state index in [0.717, 1.165) is 32.5 Å². The van der Waals surface area contributed by atoms with Crippen LogP contribution in [0.5, 0.6) is 0 Å². The zero-order valence-corrected chi connectivity index (χ0v) is 11.2. The summed E-state index contributed by atoms with van der Waals surface area (Å²) in [7, 11) is 2.19. The summed E-state index contributed by atoms with van der Waals surface area (Å²) in [6, 6.07) is 8.68. The predicted octanol–water partition coefficient (Wildman–Crippen LogP) is 3.16. The molecule has 2 heteroatoms. The van der Waals surface area contributed by atoms with E-state index < -0.39 is 0 Å². The van der Waals surface area contributed by atoms with E-state index in [1.165, 1.54) is 11.1 Å². The van der Waals surface area contributed by atoms with E-state index in [4.69, 9.17) is 4.74 Å². The van der Waals surface area contributed by atoms with Gasteiger partial charge in [0.2, 0.25) is 0 Å². The molecule has 1 aromatic carbocycles. The molecule has 0 atom stereocenters. The first-order chi connectivity index (χ1) is 8.30. The summed E-state index contributed by atoms with van der Waals surface area (Å²) in [6.07, 6.45) is 2.28. The van der Waals surface area contributed by atoms with Crippen molar-refractivity contribution in [3.63, 3.8) is 0 Å². The topological polar surface area (TPSA) is 12.5 Å². The van der Waals surface area contributed by atoms with Crippen LogP contribution in [0.3, 0.4) is 0 Å². The number of hydrogen-bond donors (Lipinski definition) is 0. The highest BCUT2D eigenvalue weighted by Gasteiger charge is 2.41. The molecule has 2 nitrogen and oxygen atoms in total. The van der Waals surface area contributed by atoms with Gasteiger partial charge in [-0.15, -0.1) is 0 Å². The Labute approximate surface area is 105 Å². The Hall–Kier alpha value is -0.860. The highest BCUT2D eigenvalue weighted by Crippen LogP contribution is 2.43. The third-order valence-electron chi connectivity index (χ3n) is 3.81. The van der Waals surface area contributed by atoms with Crippen LogP contribution in [0.2, 0.25) is 0 Å². The van der Waals surface area contributed by atoms with E-state index >= 15 is 0 Å². The predicted molar refractivity (Wildman–Crippen MR) is 71.0 cm³/mol. The molecule has 0 bridgehead atoms. The maximum absolute atomic E-state index is 6.07. The molecule has 3 rings (SSSR count). The minimum Gasteiger partial charge on any atom is -0.365 e. The first kappa shape index (κ1) is 12.6. The first-order valence-electron chi connectivity index (χ1n) is 6.71. The van der Waals surface area contributed by atoms with E-state index in [2.05, 4.69) is 36.2 Å². The molecule has 0 aromatic heterocycles. The van der Waals surface area contributed by atoms with Gasteiger partial charge in [0, 0.05) is 13.1 Å². The fourth-order valence-corrected chi connectivity index (χ4v) is 2.78. The van der Waals surface area contributed by atoms with Crippen LogP contribution in [-0.2, 0) is 16.9 Å². The minimum absolute atomic E-state index is 0.0447. The van der Waals surface area contributed by atoms with Gasteiger partial charge in [-0.3, -0.25) is 0 Å². The highest BCUT2D eigenvalue weighted by molar-refractivity contribution is 5.35. The van der Waals surface area contributed by atoms with E-state index in [1.807, 2.05) is 13.8 Å². The summed E-state index contributed by atoms with van der Waals surface area (Å²) in [4.78, 5) is 2.38. The van der Waals surface area contributed by atoms with Gasteiger partial charge in [0.1, 0.15) is 0 Å². The van der Waals surface area contributed by atoms with Gasteiger partial charge in [0.05, 0.1) is 12.2 Å². The summed E-state index contributed by atoms with van der Waals surface area (Å²) in [6.45, 7) is 7.10. The van der Waals surface area contributed by atoms with Crippen molar-refractivity contribution >= 4 is 0 Å². The van der Waals surface area contributed by atoms with Crippen LogP contribution in [0.15, 0.2) is 24.3 Å². The van der Waals surface area contributed by atoms with E-state index in [1.54, 1.807) is 0 Å². The van der Waals surface area contributed by atoms with Gasteiger partial charge >= 0.3 is 0 Å². The number of nitrogens with zero attached hydrogens (tertiary/aromatic N) is 1. The van der Waals surface area contributed by atoms with Crippen LogP contribution in [-0.4, -0.2) is 25.0 Å². The molecule has 2 heterocycles. The average Bonchev–Trinajstić information content (AvgIpc) is 2.76. The van der Waals surface area contributed by atoms with Gasteiger partial charge < -0.3 is 9.64 Å². The van der Waals surface area contributed by atoms with Crippen molar-refractivity contribution in [3.8, 4) is 0 Å². The molecular formula is C15H23NO. The molecule has 1 fully saturated rings. The van der Waals surface area contributed by atoms with Gasteiger partial charge in [0.15, 0.2) is 0 Å². The smallest absolute Gasteiger partial charge is 0.0963 e. The van der Waals surface area contributed by atoms with Crippen molar-refractivity contribution in [2.75, 3.05) is 20.1 Å². The lowest BCUT2D eigenvalue weighted by Gasteiger charge is -2.37. The largest absolute Gasteiger partial charge is 0.365 e. The molecule has 94 valence electrons. The Kier molecular flexibility index (Phi) is 3.85. The second-order valence-corrected chi connectivity index (χ2v) is 4.74. The second-order valence-electron chi connectivity index (χ2n) is 4.74. The van der Waals surface area contributed by atoms with Crippen LogP contribution >= 0.6 is 0 Å². The zero-order valence-electron chi connectivity index (χ0n) is 11.2. The van der Waals surface area contributed by atoms with Crippen molar-refractivity contribution in [2.24, 2.45) is 0 Å². The Balaban J connectivity index is 0.000000514. The standard InChI is InChI=1S/C13H17NO.C2H6/c1-14-8-6-13(7-9-14)12-5-3-2-4-11(12)10-15-13;1-2/h2-5H,6-10H2,1H3;1-2H3. The summed E-state index contributed by atoms with van der Waals surface area (Å²) >= 11 is 0. The molecule has 0 radical (unpaired) electrons. The Morgan fingerprint density at radius 2 is 1.76 bits per heavy atom. The maximum Gasteiger partial charge on any atom is 0.0963 e. The Morgan fingerprint density at radius 1 is 1.12 bits per heavy atom. The van der Waals surface area contributed by atoms with Crippen LogP contribution < -0.4 is 0 Å². The monoisotopic (exact) mass is 233 g/mol. The molecule has 17 heavy (non-hydrogen) atoms. The number of fused-ring (bicyclic) bond motifs is 2. The number of likely N-dealkylation sites (tertiary alicyclic amines) is 1. The number of rotatable bonds is 0. The van der Waals surface area contributed by atoms with Gasteiger partial charge in [-0.2, -0.15) is 0 Å². The molecule has 1 aromatic rings. The molecule has 0 saturated carbocycles. The van der Waals surface area contributed by atoms with E-state index in [-0.39, 0.29) is 5.60 Å². The lowest BCUT2D eigenvalue weighted by Crippen LogP contribution is -2.40. The Bertz CT molecular complexity index is 367. The van der Waals surface area contributed by atoms with Gasteiger partial charge in [-0.25, -0.2) is 0 Å². The molecule has 2 aliphatic rings. The van der Waals surface area contributed by atoms with E-state index in [0.29, 0.717) is 0 Å². The van der Waals surface area contributed by atoms with Crippen LogP contribution in [0.1, 0.15) is 37.8 Å². The summed E-state index contributed by atoms with van der Waals surface area (Å²) in [5.41, 5.74) is 2.88. The lowest BCUT2D eigenvalue weighted by atomic mass is 9.84. The van der Waals surface area contributed by atoms with Gasteiger partial charge in [-0.05, 0) is 31.0 Å².